The van der Waals surface area contributed by atoms with E-state index in [1.807, 2.05) is 0 Å². The summed E-state index contributed by atoms with van der Waals surface area (Å²) in [5.74, 6) is 0.999. The molecule has 1 unspecified atom stereocenters. The number of benzene rings is 1. The Morgan fingerprint density at radius 2 is 1.71 bits per heavy atom. The number of methoxy groups -OCH3 is 3. The molecule has 17 heavy (non-hydrogen) atoms. The van der Waals surface area contributed by atoms with Gasteiger partial charge in [-0.15, -0.1) is 0 Å². The standard InChI is InChI=1S/C12H15ClO4/c1-7(12(13)14)8-5-6-9(15-2)11(17-4)10(8)16-3/h5-7H,1-4H3. The van der Waals surface area contributed by atoms with Crippen LogP contribution in [-0.2, 0) is 4.79 Å². The Balaban J connectivity index is 3.37. The van der Waals surface area contributed by atoms with E-state index in [1.165, 1.54) is 21.3 Å². The van der Waals surface area contributed by atoms with Gasteiger partial charge in [0.25, 0.3) is 0 Å². The number of hydrogen-bond donors (Lipinski definition) is 0. The van der Waals surface area contributed by atoms with Gasteiger partial charge in [0, 0.05) is 5.56 Å². The fourth-order valence-electron chi connectivity index (χ4n) is 1.59. The lowest BCUT2D eigenvalue weighted by Gasteiger charge is -2.17. The van der Waals surface area contributed by atoms with Gasteiger partial charge in [-0.25, -0.2) is 0 Å². The van der Waals surface area contributed by atoms with Crippen LogP contribution in [0.3, 0.4) is 0 Å². The molecule has 1 atom stereocenters. The van der Waals surface area contributed by atoms with Crippen molar-refractivity contribution in [3.05, 3.63) is 17.7 Å². The molecule has 0 saturated heterocycles. The molecule has 0 aliphatic rings. The van der Waals surface area contributed by atoms with Gasteiger partial charge in [0.05, 0.1) is 27.2 Å². The van der Waals surface area contributed by atoms with Crippen LogP contribution in [0.5, 0.6) is 17.2 Å². The highest BCUT2D eigenvalue weighted by Crippen LogP contribution is 2.42. The summed E-state index contributed by atoms with van der Waals surface area (Å²) in [6.45, 7) is 1.71. The van der Waals surface area contributed by atoms with Crippen molar-refractivity contribution < 1.29 is 19.0 Å². The third kappa shape index (κ3) is 2.64. The molecule has 94 valence electrons. The predicted octanol–water partition coefficient (Wildman–Crippen LogP) is 2.58. The smallest absolute Gasteiger partial charge is 0.228 e. The van der Waals surface area contributed by atoms with Gasteiger partial charge in [-0.2, -0.15) is 0 Å². The summed E-state index contributed by atoms with van der Waals surface area (Å²) in [5.41, 5.74) is 0.671. The molecule has 1 aromatic rings. The van der Waals surface area contributed by atoms with Gasteiger partial charge in [0.2, 0.25) is 11.0 Å². The third-order valence-corrected chi connectivity index (χ3v) is 2.87. The number of hydrogen-bond acceptors (Lipinski definition) is 4. The molecule has 1 aromatic carbocycles. The second-order valence-electron chi connectivity index (χ2n) is 3.45. The highest BCUT2D eigenvalue weighted by atomic mass is 35.5. The van der Waals surface area contributed by atoms with Crippen LogP contribution in [0.25, 0.3) is 0 Å². The van der Waals surface area contributed by atoms with E-state index in [4.69, 9.17) is 25.8 Å². The number of rotatable bonds is 5. The Kier molecular flexibility index (Phi) is 4.63. The molecular weight excluding hydrogens is 244 g/mol. The fourth-order valence-corrected chi connectivity index (χ4v) is 1.71. The van der Waals surface area contributed by atoms with Gasteiger partial charge in [-0.3, -0.25) is 4.79 Å². The zero-order chi connectivity index (χ0) is 13.0. The molecular formula is C12H15ClO4. The quantitative estimate of drug-likeness (QED) is 0.762. The minimum atomic E-state index is -0.466. The first-order valence-corrected chi connectivity index (χ1v) is 5.42. The van der Waals surface area contributed by atoms with Crippen LogP contribution in [0.2, 0.25) is 0 Å². The van der Waals surface area contributed by atoms with E-state index < -0.39 is 11.2 Å². The molecule has 0 fully saturated rings. The SMILES string of the molecule is COc1ccc(C(C)C(=O)Cl)c(OC)c1OC. The Morgan fingerprint density at radius 1 is 1.12 bits per heavy atom. The van der Waals surface area contributed by atoms with Gasteiger partial charge < -0.3 is 14.2 Å². The van der Waals surface area contributed by atoms with E-state index in [0.29, 0.717) is 22.8 Å². The average molecular weight is 259 g/mol. The first-order chi connectivity index (χ1) is 8.06. The molecule has 0 bridgehead atoms. The Bertz CT molecular complexity index is 417. The molecule has 0 saturated carbocycles. The van der Waals surface area contributed by atoms with Gasteiger partial charge in [0.15, 0.2) is 11.5 Å². The molecule has 0 aliphatic heterocycles. The van der Waals surface area contributed by atoms with Crippen molar-refractivity contribution in [3.63, 3.8) is 0 Å². The number of carbonyl (C=O) groups excluding carboxylic acids is 1. The maximum absolute atomic E-state index is 11.2. The topological polar surface area (TPSA) is 44.8 Å². The molecule has 1 rings (SSSR count). The van der Waals surface area contributed by atoms with E-state index in [1.54, 1.807) is 19.1 Å². The van der Waals surface area contributed by atoms with Crippen molar-refractivity contribution in [2.24, 2.45) is 0 Å². The Morgan fingerprint density at radius 3 is 2.12 bits per heavy atom. The maximum Gasteiger partial charge on any atom is 0.228 e. The molecule has 0 amide bonds. The van der Waals surface area contributed by atoms with Crippen LogP contribution in [0, 0.1) is 0 Å². The zero-order valence-electron chi connectivity index (χ0n) is 10.2. The first kappa shape index (κ1) is 13.6. The van der Waals surface area contributed by atoms with Crippen molar-refractivity contribution in [2.75, 3.05) is 21.3 Å². The van der Waals surface area contributed by atoms with Crippen LogP contribution in [0.4, 0.5) is 0 Å². The predicted molar refractivity (Wildman–Crippen MR) is 65.4 cm³/mol. The van der Waals surface area contributed by atoms with Crippen LogP contribution >= 0.6 is 11.6 Å². The maximum atomic E-state index is 11.2. The summed E-state index contributed by atoms with van der Waals surface area (Å²) in [6.07, 6.45) is 0. The number of ether oxygens (including phenoxy) is 3. The van der Waals surface area contributed by atoms with Gasteiger partial charge in [-0.05, 0) is 24.6 Å². The van der Waals surface area contributed by atoms with E-state index in [9.17, 15) is 4.79 Å². The second kappa shape index (κ2) is 5.77. The lowest BCUT2D eigenvalue weighted by atomic mass is 10.0. The number of carbonyl (C=O) groups is 1. The molecule has 0 N–H and O–H groups in total. The lowest BCUT2D eigenvalue weighted by molar-refractivity contribution is -0.112. The normalized spacial score (nSPS) is 11.8. The Hall–Kier alpha value is -1.42. The average Bonchev–Trinajstić information content (AvgIpc) is 2.35. The van der Waals surface area contributed by atoms with Crippen LogP contribution in [-0.4, -0.2) is 26.6 Å². The highest BCUT2D eigenvalue weighted by molar-refractivity contribution is 6.64. The molecule has 0 aliphatic carbocycles. The number of halogens is 1. The summed E-state index contributed by atoms with van der Waals surface area (Å²) < 4.78 is 15.6. The summed E-state index contributed by atoms with van der Waals surface area (Å²) in [4.78, 5) is 11.2. The van der Waals surface area contributed by atoms with E-state index in [-0.39, 0.29) is 0 Å². The van der Waals surface area contributed by atoms with Gasteiger partial charge in [0.1, 0.15) is 0 Å². The summed E-state index contributed by atoms with van der Waals surface area (Å²) in [5, 5.41) is -0.449. The van der Waals surface area contributed by atoms with Crippen molar-refractivity contribution in [1.29, 1.82) is 0 Å². The van der Waals surface area contributed by atoms with E-state index >= 15 is 0 Å². The largest absolute Gasteiger partial charge is 0.493 e. The van der Waals surface area contributed by atoms with Crippen molar-refractivity contribution in [1.82, 2.24) is 0 Å². The van der Waals surface area contributed by atoms with E-state index in [0.717, 1.165) is 0 Å². The summed E-state index contributed by atoms with van der Waals surface area (Å²) in [7, 11) is 4.55. The highest BCUT2D eigenvalue weighted by Gasteiger charge is 2.22. The fraction of sp³-hybridized carbons (Fsp3) is 0.417. The van der Waals surface area contributed by atoms with Crippen LogP contribution in [0.1, 0.15) is 18.4 Å². The van der Waals surface area contributed by atoms with Gasteiger partial charge in [-0.1, -0.05) is 6.07 Å². The van der Waals surface area contributed by atoms with Crippen LogP contribution < -0.4 is 14.2 Å². The zero-order valence-corrected chi connectivity index (χ0v) is 11.0. The molecule has 0 spiro atoms. The minimum Gasteiger partial charge on any atom is -0.493 e. The van der Waals surface area contributed by atoms with Gasteiger partial charge >= 0.3 is 0 Å². The lowest BCUT2D eigenvalue weighted by Crippen LogP contribution is -2.06. The van der Waals surface area contributed by atoms with Crippen molar-refractivity contribution in [2.45, 2.75) is 12.8 Å². The van der Waals surface area contributed by atoms with Crippen LogP contribution in [0.15, 0.2) is 12.1 Å². The molecule has 0 heterocycles. The molecule has 0 radical (unpaired) electrons. The monoisotopic (exact) mass is 258 g/mol. The van der Waals surface area contributed by atoms with E-state index in [2.05, 4.69) is 0 Å². The first-order valence-electron chi connectivity index (χ1n) is 5.05. The second-order valence-corrected chi connectivity index (χ2v) is 3.82. The molecule has 5 heteroatoms. The molecule has 0 aromatic heterocycles. The third-order valence-electron chi connectivity index (χ3n) is 2.54. The summed E-state index contributed by atoms with van der Waals surface area (Å²) in [6, 6.07) is 3.46. The molecule has 4 nitrogen and oxygen atoms in total. The summed E-state index contributed by atoms with van der Waals surface area (Å²) >= 11 is 5.49. The van der Waals surface area contributed by atoms with Crippen molar-refractivity contribution in [3.8, 4) is 17.2 Å². The van der Waals surface area contributed by atoms with Crippen molar-refractivity contribution >= 4 is 16.8 Å². The Labute approximate surface area is 105 Å². The minimum absolute atomic E-state index is 0.449.